The van der Waals surface area contributed by atoms with E-state index >= 15 is 0 Å². The lowest BCUT2D eigenvalue weighted by Gasteiger charge is -2.37. The minimum absolute atomic E-state index is 0.250. The second-order valence-corrected chi connectivity index (χ2v) is 9.74. The van der Waals surface area contributed by atoms with E-state index < -0.39 is 29.3 Å². The summed E-state index contributed by atoms with van der Waals surface area (Å²) in [6, 6.07) is 5.10. The number of hydrogen-bond acceptors (Lipinski definition) is 7. The fourth-order valence-corrected chi connectivity index (χ4v) is 4.76. The summed E-state index contributed by atoms with van der Waals surface area (Å²) >= 11 is 0. The predicted octanol–water partition coefficient (Wildman–Crippen LogP) is 4.05. The number of ether oxygens (including phenoxy) is 4. The lowest BCUT2D eigenvalue weighted by atomic mass is 9.87. The van der Waals surface area contributed by atoms with Crippen molar-refractivity contribution in [2.45, 2.75) is 70.6 Å². The molecule has 4 rings (SSSR count). The first kappa shape index (κ1) is 23.1. The predicted molar refractivity (Wildman–Crippen MR) is 123 cm³/mol. The first-order valence-corrected chi connectivity index (χ1v) is 11.4. The molecule has 0 N–H and O–H groups in total. The van der Waals surface area contributed by atoms with Crippen LogP contribution in [0.25, 0.3) is 10.9 Å². The maximum atomic E-state index is 12.9. The Balaban J connectivity index is 1.72. The van der Waals surface area contributed by atoms with Crippen molar-refractivity contribution in [1.82, 2.24) is 9.88 Å². The van der Waals surface area contributed by atoms with E-state index in [1.54, 1.807) is 27.9 Å². The molecule has 2 atom stereocenters. The number of hydrogen-bond donors (Lipinski definition) is 0. The molecule has 0 saturated carbocycles. The number of carbonyl (C=O) groups excluding carboxylic acids is 2. The standard InChI is InChI=1S/C25H32N2O6/c1-7-18-21-16(17-12-15(30-5)8-9-19(17)26-18)10-11-25(32-21)13-20(22(28)31-6)27(14-25)23(29)33-24(2,3)4/h8-9,12,20H,7,10-11,13-14H2,1-6H3/t20-,25+/m0/s1. The van der Waals surface area contributed by atoms with Gasteiger partial charge in [-0.2, -0.15) is 0 Å². The molecule has 8 nitrogen and oxygen atoms in total. The molecule has 33 heavy (non-hydrogen) atoms. The monoisotopic (exact) mass is 456 g/mol. The quantitative estimate of drug-likeness (QED) is 0.644. The highest BCUT2D eigenvalue weighted by atomic mass is 16.6. The van der Waals surface area contributed by atoms with Crippen molar-refractivity contribution in [3.05, 3.63) is 29.5 Å². The van der Waals surface area contributed by atoms with Crippen LogP contribution in [0.4, 0.5) is 4.79 Å². The fourth-order valence-electron chi connectivity index (χ4n) is 4.76. The lowest BCUT2D eigenvalue weighted by molar-refractivity contribution is -0.145. The zero-order valence-electron chi connectivity index (χ0n) is 20.2. The molecule has 1 saturated heterocycles. The summed E-state index contributed by atoms with van der Waals surface area (Å²) < 4.78 is 22.7. The summed E-state index contributed by atoms with van der Waals surface area (Å²) in [4.78, 5) is 31.8. The average molecular weight is 457 g/mol. The molecule has 178 valence electrons. The van der Waals surface area contributed by atoms with Crippen molar-refractivity contribution in [3.8, 4) is 11.5 Å². The molecule has 2 aromatic rings. The third kappa shape index (κ3) is 4.30. The number of amides is 1. The van der Waals surface area contributed by atoms with Crippen LogP contribution in [0.5, 0.6) is 11.5 Å². The van der Waals surface area contributed by atoms with E-state index in [1.807, 2.05) is 25.1 Å². The highest BCUT2D eigenvalue weighted by Gasteiger charge is 2.53. The van der Waals surface area contributed by atoms with Crippen molar-refractivity contribution in [1.29, 1.82) is 0 Å². The van der Waals surface area contributed by atoms with Gasteiger partial charge in [0.2, 0.25) is 0 Å². The Morgan fingerprint density at radius 3 is 2.67 bits per heavy atom. The van der Waals surface area contributed by atoms with Crippen LogP contribution in [0.3, 0.4) is 0 Å². The van der Waals surface area contributed by atoms with Crippen molar-refractivity contribution >= 4 is 23.0 Å². The van der Waals surface area contributed by atoms with Gasteiger partial charge in [0.05, 0.1) is 32.0 Å². The van der Waals surface area contributed by atoms with E-state index in [-0.39, 0.29) is 6.54 Å². The smallest absolute Gasteiger partial charge is 0.411 e. The number of likely N-dealkylation sites (tertiary alicyclic amines) is 1. The summed E-state index contributed by atoms with van der Waals surface area (Å²) in [5.41, 5.74) is 1.48. The Kier molecular flexibility index (Phi) is 5.88. The van der Waals surface area contributed by atoms with Crippen LogP contribution in [0.2, 0.25) is 0 Å². The van der Waals surface area contributed by atoms with Crippen LogP contribution in [0.1, 0.15) is 51.8 Å². The van der Waals surface area contributed by atoms with E-state index in [1.165, 1.54) is 12.0 Å². The zero-order valence-corrected chi connectivity index (χ0v) is 20.2. The summed E-state index contributed by atoms with van der Waals surface area (Å²) in [7, 11) is 2.97. The number of rotatable bonds is 3. The Morgan fingerprint density at radius 1 is 1.27 bits per heavy atom. The van der Waals surface area contributed by atoms with Gasteiger partial charge in [-0.25, -0.2) is 14.6 Å². The largest absolute Gasteiger partial charge is 0.497 e. The van der Waals surface area contributed by atoms with Gasteiger partial charge in [-0.15, -0.1) is 0 Å². The van der Waals surface area contributed by atoms with Gasteiger partial charge in [0.15, 0.2) is 0 Å². The summed E-state index contributed by atoms with van der Waals surface area (Å²) in [6.45, 7) is 7.70. The number of aryl methyl sites for hydroxylation is 2. The molecule has 1 aromatic heterocycles. The van der Waals surface area contributed by atoms with Crippen LogP contribution in [0.15, 0.2) is 18.2 Å². The molecule has 0 aliphatic carbocycles. The molecular weight excluding hydrogens is 424 g/mol. The molecule has 2 aliphatic rings. The van der Waals surface area contributed by atoms with Crippen molar-refractivity contribution in [3.63, 3.8) is 0 Å². The molecule has 1 fully saturated rings. The number of nitrogens with zero attached hydrogens (tertiary/aromatic N) is 2. The van der Waals surface area contributed by atoms with Gasteiger partial charge >= 0.3 is 12.1 Å². The third-order valence-corrected chi connectivity index (χ3v) is 6.31. The van der Waals surface area contributed by atoms with E-state index in [0.29, 0.717) is 19.3 Å². The highest BCUT2D eigenvalue weighted by Crippen LogP contribution is 2.45. The van der Waals surface area contributed by atoms with Crippen LogP contribution in [-0.2, 0) is 27.1 Å². The number of pyridine rings is 1. The molecule has 1 amide bonds. The van der Waals surface area contributed by atoms with Crippen LogP contribution in [-0.4, -0.2) is 60.0 Å². The number of carbonyl (C=O) groups is 2. The second-order valence-electron chi connectivity index (χ2n) is 9.74. The third-order valence-electron chi connectivity index (χ3n) is 6.31. The number of fused-ring (bicyclic) bond motifs is 3. The zero-order chi connectivity index (χ0) is 24.0. The Morgan fingerprint density at radius 2 is 2.03 bits per heavy atom. The van der Waals surface area contributed by atoms with E-state index in [4.69, 9.17) is 23.9 Å². The fraction of sp³-hybridized carbons (Fsp3) is 0.560. The molecule has 1 aromatic carbocycles. The number of benzene rings is 1. The lowest BCUT2D eigenvalue weighted by Crippen LogP contribution is -2.46. The van der Waals surface area contributed by atoms with E-state index in [0.717, 1.165) is 40.1 Å². The molecule has 1 spiro atoms. The normalized spacial score (nSPS) is 22.1. The van der Waals surface area contributed by atoms with Gasteiger partial charge in [0, 0.05) is 17.4 Å². The van der Waals surface area contributed by atoms with Crippen molar-refractivity contribution < 1.29 is 28.5 Å². The number of aromatic nitrogens is 1. The number of methoxy groups -OCH3 is 2. The Bertz CT molecular complexity index is 1090. The maximum absolute atomic E-state index is 12.9. The van der Waals surface area contributed by atoms with Gasteiger partial charge < -0.3 is 18.9 Å². The van der Waals surface area contributed by atoms with Gasteiger partial charge in [-0.3, -0.25) is 4.90 Å². The molecule has 0 unspecified atom stereocenters. The maximum Gasteiger partial charge on any atom is 0.411 e. The highest BCUT2D eigenvalue weighted by molar-refractivity contribution is 5.87. The van der Waals surface area contributed by atoms with Crippen LogP contribution >= 0.6 is 0 Å². The molecule has 2 aliphatic heterocycles. The van der Waals surface area contributed by atoms with Gasteiger partial charge in [-0.1, -0.05) is 6.92 Å². The van der Waals surface area contributed by atoms with Crippen LogP contribution in [0, 0.1) is 0 Å². The first-order valence-electron chi connectivity index (χ1n) is 11.4. The average Bonchev–Trinajstić information content (AvgIpc) is 3.15. The Hall–Kier alpha value is -3.03. The molecule has 0 radical (unpaired) electrons. The van der Waals surface area contributed by atoms with Crippen molar-refractivity contribution in [2.75, 3.05) is 20.8 Å². The molecular formula is C25H32N2O6. The van der Waals surface area contributed by atoms with E-state index in [9.17, 15) is 9.59 Å². The van der Waals surface area contributed by atoms with Gasteiger partial charge in [0.25, 0.3) is 0 Å². The van der Waals surface area contributed by atoms with Gasteiger partial charge in [-0.05, 0) is 58.2 Å². The van der Waals surface area contributed by atoms with Gasteiger partial charge in [0.1, 0.15) is 28.7 Å². The molecule has 8 heteroatoms. The minimum Gasteiger partial charge on any atom is -0.497 e. The number of esters is 1. The topological polar surface area (TPSA) is 87.2 Å². The molecule has 0 bridgehead atoms. The second kappa shape index (κ2) is 8.39. The van der Waals surface area contributed by atoms with Crippen molar-refractivity contribution in [2.24, 2.45) is 0 Å². The van der Waals surface area contributed by atoms with E-state index in [2.05, 4.69) is 0 Å². The summed E-state index contributed by atoms with van der Waals surface area (Å²) in [5, 5.41) is 1.00. The molecule has 3 heterocycles. The first-order chi connectivity index (χ1) is 15.6. The summed E-state index contributed by atoms with van der Waals surface area (Å²) in [5.74, 6) is 1.04. The summed E-state index contributed by atoms with van der Waals surface area (Å²) in [6.07, 6.45) is 1.91. The SMILES string of the molecule is CCc1nc2ccc(OC)cc2c2c1O[C@]1(CC2)C[C@@H](C(=O)OC)N(C(=O)OC(C)(C)C)C1. The van der Waals surface area contributed by atoms with Crippen LogP contribution < -0.4 is 9.47 Å². The Labute approximate surface area is 194 Å². The minimum atomic E-state index is -0.759.